The van der Waals surface area contributed by atoms with Crippen molar-refractivity contribution in [2.45, 2.75) is 12.8 Å². The van der Waals surface area contributed by atoms with Crippen molar-refractivity contribution in [2.75, 3.05) is 20.3 Å². The largest absolute Gasteiger partial charge is 0.495 e. The highest BCUT2D eigenvalue weighted by Crippen LogP contribution is 2.17. The standard InChI is InChI=1S/C13H14N2O4/c1-17-9-6-11-10(14-7-9)2-3-12(16)15(11)8-13-18-4-5-19-13/h2-3,6-7,13H,4-5,8H2,1H3. The van der Waals surface area contributed by atoms with Crippen LogP contribution in [0.25, 0.3) is 11.0 Å². The maximum Gasteiger partial charge on any atom is 0.251 e. The first-order chi connectivity index (χ1) is 9.28. The number of methoxy groups -OCH3 is 1. The third kappa shape index (κ3) is 2.32. The van der Waals surface area contributed by atoms with Gasteiger partial charge in [0.25, 0.3) is 5.56 Å². The lowest BCUT2D eigenvalue weighted by atomic mass is 10.3. The van der Waals surface area contributed by atoms with Crippen LogP contribution < -0.4 is 10.3 Å². The van der Waals surface area contributed by atoms with E-state index >= 15 is 0 Å². The van der Waals surface area contributed by atoms with E-state index in [1.165, 1.54) is 6.07 Å². The average Bonchev–Trinajstić information content (AvgIpc) is 2.94. The normalized spacial score (nSPS) is 16.1. The molecule has 0 amide bonds. The molecule has 0 spiro atoms. The van der Waals surface area contributed by atoms with Crippen LogP contribution in [0.15, 0.2) is 29.2 Å². The number of rotatable bonds is 3. The van der Waals surface area contributed by atoms with Crippen LogP contribution in [-0.4, -0.2) is 36.2 Å². The van der Waals surface area contributed by atoms with Gasteiger partial charge in [-0.05, 0) is 6.07 Å². The van der Waals surface area contributed by atoms with Gasteiger partial charge in [-0.1, -0.05) is 0 Å². The molecule has 19 heavy (non-hydrogen) atoms. The number of hydrogen-bond donors (Lipinski definition) is 0. The maximum absolute atomic E-state index is 12.0. The zero-order chi connectivity index (χ0) is 13.2. The Bertz CT molecular complexity index is 647. The van der Waals surface area contributed by atoms with E-state index in [9.17, 15) is 4.79 Å². The Hall–Kier alpha value is -1.92. The number of aromatic nitrogens is 2. The van der Waals surface area contributed by atoms with Gasteiger partial charge in [-0.3, -0.25) is 9.78 Å². The molecule has 0 atom stereocenters. The average molecular weight is 262 g/mol. The molecule has 2 aromatic heterocycles. The highest BCUT2D eigenvalue weighted by molar-refractivity contribution is 5.75. The minimum absolute atomic E-state index is 0.110. The van der Waals surface area contributed by atoms with Gasteiger partial charge in [-0.15, -0.1) is 0 Å². The molecule has 0 N–H and O–H groups in total. The van der Waals surface area contributed by atoms with Crippen molar-refractivity contribution < 1.29 is 14.2 Å². The maximum atomic E-state index is 12.0. The molecule has 0 radical (unpaired) electrons. The van der Waals surface area contributed by atoms with Crippen molar-refractivity contribution in [3.63, 3.8) is 0 Å². The summed E-state index contributed by atoms with van der Waals surface area (Å²) in [5, 5.41) is 0. The van der Waals surface area contributed by atoms with Gasteiger partial charge in [0.15, 0.2) is 6.29 Å². The van der Waals surface area contributed by atoms with Crippen LogP contribution in [0, 0.1) is 0 Å². The molecular weight excluding hydrogens is 248 g/mol. The molecule has 1 aliphatic heterocycles. The summed E-state index contributed by atoms with van der Waals surface area (Å²) in [7, 11) is 1.57. The van der Waals surface area contributed by atoms with Crippen molar-refractivity contribution in [3.05, 3.63) is 34.7 Å². The number of pyridine rings is 2. The van der Waals surface area contributed by atoms with Gasteiger partial charge in [-0.25, -0.2) is 0 Å². The molecule has 0 saturated carbocycles. The van der Waals surface area contributed by atoms with Crippen LogP contribution in [0.1, 0.15) is 0 Å². The molecule has 100 valence electrons. The fraction of sp³-hybridized carbons (Fsp3) is 0.385. The molecule has 1 fully saturated rings. The second-order valence-corrected chi connectivity index (χ2v) is 4.23. The fourth-order valence-corrected chi connectivity index (χ4v) is 2.11. The quantitative estimate of drug-likeness (QED) is 0.818. The van der Waals surface area contributed by atoms with Gasteiger partial charge in [0, 0.05) is 12.1 Å². The van der Waals surface area contributed by atoms with Crippen molar-refractivity contribution >= 4 is 11.0 Å². The molecule has 6 nitrogen and oxygen atoms in total. The third-order valence-electron chi connectivity index (χ3n) is 3.07. The van der Waals surface area contributed by atoms with Crippen LogP contribution in [0.4, 0.5) is 0 Å². The molecular formula is C13H14N2O4. The van der Waals surface area contributed by atoms with E-state index in [1.807, 2.05) is 0 Å². The molecule has 3 heterocycles. The highest BCUT2D eigenvalue weighted by atomic mass is 16.7. The summed E-state index contributed by atoms with van der Waals surface area (Å²) in [6.07, 6.45) is 1.24. The lowest BCUT2D eigenvalue weighted by Gasteiger charge is -2.14. The molecule has 1 saturated heterocycles. The van der Waals surface area contributed by atoms with E-state index in [2.05, 4.69) is 4.98 Å². The van der Waals surface area contributed by atoms with Crippen molar-refractivity contribution in [2.24, 2.45) is 0 Å². The van der Waals surface area contributed by atoms with Crippen molar-refractivity contribution in [1.29, 1.82) is 0 Å². The first-order valence-electron chi connectivity index (χ1n) is 6.05. The van der Waals surface area contributed by atoms with Gasteiger partial charge in [0.05, 0.1) is 44.1 Å². The molecule has 0 aliphatic carbocycles. The Morgan fingerprint density at radius 1 is 1.42 bits per heavy atom. The van der Waals surface area contributed by atoms with Gasteiger partial charge < -0.3 is 18.8 Å². The lowest BCUT2D eigenvalue weighted by Crippen LogP contribution is -2.27. The summed E-state index contributed by atoms with van der Waals surface area (Å²) >= 11 is 0. The number of fused-ring (bicyclic) bond motifs is 1. The molecule has 6 heteroatoms. The van der Waals surface area contributed by atoms with E-state index in [0.717, 1.165) is 5.52 Å². The highest BCUT2D eigenvalue weighted by Gasteiger charge is 2.18. The molecule has 0 unspecified atom stereocenters. The zero-order valence-corrected chi connectivity index (χ0v) is 10.5. The summed E-state index contributed by atoms with van der Waals surface area (Å²) in [6, 6.07) is 4.99. The Kier molecular flexibility index (Phi) is 3.18. The van der Waals surface area contributed by atoms with Crippen molar-refractivity contribution in [1.82, 2.24) is 9.55 Å². The Balaban J connectivity index is 2.08. The summed E-state index contributed by atoms with van der Waals surface area (Å²) in [4.78, 5) is 16.3. The van der Waals surface area contributed by atoms with E-state index in [1.54, 1.807) is 30.0 Å². The Morgan fingerprint density at radius 2 is 2.21 bits per heavy atom. The van der Waals surface area contributed by atoms with Crippen LogP contribution in [0.2, 0.25) is 0 Å². The number of nitrogens with zero attached hydrogens (tertiary/aromatic N) is 2. The number of hydrogen-bond acceptors (Lipinski definition) is 5. The smallest absolute Gasteiger partial charge is 0.251 e. The second-order valence-electron chi connectivity index (χ2n) is 4.23. The summed E-state index contributed by atoms with van der Waals surface area (Å²) in [5.74, 6) is 0.611. The second kappa shape index (κ2) is 4.99. The van der Waals surface area contributed by atoms with E-state index in [4.69, 9.17) is 14.2 Å². The predicted octanol–water partition coefficient (Wildman–Crippen LogP) is 0.778. The van der Waals surface area contributed by atoms with Crippen LogP contribution in [-0.2, 0) is 16.0 Å². The molecule has 2 aromatic rings. The van der Waals surface area contributed by atoms with Gasteiger partial charge in [0.2, 0.25) is 0 Å². The lowest BCUT2D eigenvalue weighted by molar-refractivity contribution is -0.0522. The molecule has 0 bridgehead atoms. The third-order valence-corrected chi connectivity index (χ3v) is 3.07. The number of ether oxygens (including phenoxy) is 3. The van der Waals surface area contributed by atoms with Crippen molar-refractivity contribution in [3.8, 4) is 5.75 Å². The summed E-state index contributed by atoms with van der Waals surface area (Å²) in [5.41, 5.74) is 1.34. The first-order valence-corrected chi connectivity index (χ1v) is 6.05. The van der Waals surface area contributed by atoms with E-state index in [0.29, 0.717) is 31.0 Å². The molecule has 3 rings (SSSR count). The summed E-state index contributed by atoms with van der Waals surface area (Å²) in [6.45, 7) is 1.47. The zero-order valence-electron chi connectivity index (χ0n) is 10.5. The Morgan fingerprint density at radius 3 is 2.95 bits per heavy atom. The predicted molar refractivity (Wildman–Crippen MR) is 68.2 cm³/mol. The topological polar surface area (TPSA) is 62.6 Å². The summed E-state index contributed by atoms with van der Waals surface area (Å²) < 4.78 is 17.5. The molecule has 1 aliphatic rings. The fourth-order valence-electron chi connectivity index (χ4n) is 2.11. The van der Waals surface area contributed by atoms with E-state index < -0.39 is 0 Å². The van der Waals surface area contributed by atoms with E-state index in [-0.39, 0.29) is 11.8 Å². The van der Waals surface area contributed by atoms with Gasteiger partial charge >= 0.3 is 0 Å². The monoisotopic (exact) mass is 262 g/mol. The SMILES string of the molecule is COc1cnc2ccc(=O)n(CC3OCCO3)c2c1. The van der Waals surface area contributed by atoms with Crippen LogP contribution in [0.3, 0.4) is 0 Å². The van der Waals surface area contributed by atoms with Gasteiger partial charge in [0.1, 0.15) is 5.75 Å². The van der Waals surface area contributed by atoms with Gasteiger partial charge in [-0.2, -0.15) is 0 Å². The minimum Gasteiger partial charge on any atom is -0.495 e. The molecule has 0 aromatic carbocycles. The van der Waals surface area contributed by atoms with Crippen LogP contribution >= 0.6 is 0 Å². The van der Waals surface area contributed by atoms with Crippen LogP contribution in [0.5, 0.6) is 5.75 Å². The first kappa shape index (κ1) is 12.1. The minimum atomic E-state index is -0.380. The Labute approximate surface area is 109 Å².